The van der Waals surface area contributed by atoms with Crippen LogP contribution in [0.5, 0.6) is 0 Å². The van der Waals surface area contributed by atoms with Gasteiger partial charge >= 0.3 is 5.97 Å². The Labute approximate surface area is 112 Å². The van der Waals surface area contributed by atoms with Crippen LogP contribution in [0.4, 0.5) is 0 Å². The molecule has 0 saturated heterocycles. The second-order valence-corrected chi connectivity index (χ2v) is 6.52. The van der Waals surface area contributed by atoms with Gasteiger partial charge in [-0.3, -0.25) is 0 Å². The van der Waals surface area contributed by atoms with E-state index in [1.807, 2.05) is 6.92 Å². The van der Waals surface area contributed by atoms with Crippen LogP contribution in [0.25, 0.3) is 0 Å². The normalized spacial score (nSPS) is 13.2. The van der Waals surface area contributed by atoms with Crippen molar-refractivity contribution in [2.24, 2.45) is 0 Å². The molecule has 0 saturated carbocycles. The van der Waals surface area contributed by atoms with Gasteiger partial charge in [0.2, 0.25) is 0 Å². The van der Waals surface area contributed by atoms with E-state index in [9.17, 15) is 18.3 Å². The van der Waals surface area contributed by atoms with Crippen LogP contribution in [-0.4, -0.2) is 36.5 Å². The summed E-state index contributed by atoms with van der Waals surface area (Å²) in [6, 6.07) is 4.12. The molecule has 0 fully saturated rings. The number of aromatic carboxylic acids is 1. The lowest BCUT2D eigenvalue weighted by Crippen LogP contribution is -2.15. The van der Waals surface area contributed by atoms with Gasteiger partial charge in [0, 0.05) is 0 Å². The quantitative estimate of drug-likeness (QED) is 0.826. The third-order valence-electron chi connectivity index (χ3n) is 2.83. The molecule has 0 aliphatic rings. The first-order chi connectivity index (χ1) is 8.77. The lowest BCUT2D eigenvalue weighted by Gasteiger charge is -2.11. The summed E-state index contributed by atoms with van der Waals surface area (Å²) in [5, 5.41) is 18.1. The minimum atomic E-state index is -3.58. The number of sulfone groups is 1. The summed E-state index contributed by atoms with van der Waals surface area (Å²) < 4.78 is 24.4. The fourth-order valence-corrected chi connectivity index (χ4v) is 3.49. The highest BCUT2D eigenvalue weighted by atomic mass is 32.2. The second kappa shape index (κ2) is 6.16. The van der Waals surface area contributed by atoms with E-state index in [1.165, 1.54) is 25.1 Å². The first-order valence-electron chi connectivity index (χ1n) is 6.05. The van der Waals surface area contributed by atoms with E-state index < -0.39 is 21.9 Å². The summed E-state index contributed by atoms with van der Waals surface area (Å²) in [5.74, 6) is -1.35. The molecule has 0 aliphatic heterocycles. The molecule has 0 bridgehead atoms. The van der Waals surface area contributed by atoms with Gasteiger partial charge < -0.3 is 10.2 Å². The fraction of sp³-hybridized carbons (Fsp3) is 0.462. The van der Waals surface area contributed by atoms with E-state index in [0.29, 0.717) is 12.0 Å². The van der Waals surface area contributed by atoms with Crippen LogP contribution in [0.1, 0.15) is 36.2 Å². The predicted octanol–water partition coefficient (Wildman–Crippen LogP) is 1.49. The number of benzene rings is 1. The van der Waals surface area contributed by atoms with Crippen LogP contribution < -0.4 is 0 Å². The number of aliphatic hydroxyl groups is 1. The van der Waals surface area contributed by atoms with Gasteiger partial charge in [0.15, 0.2) is 9.84 Å². The van der Waals surface area contributed by atoms with Crippen LogP contribution in [0.3, 0.4) is 0 Å². The molecular weight excluding hydrogens is 268 g/mol. The van der Waals surface area contributed by atoms with Crippen molar-refractivity contribution in [1.29, 1.82) is 0 Å². The third kappa shape index (κ3) is 4.04. The van der Waals surface area contributed by atoms with Gasteiger partial charge in [0.05, 0.1) is 22.3 Å². The second-order valence-electron chi connectivity index (χ2n) is 4.44. The van der Waals surface area contributed by atoms with Gasteiger partial charge in [0.1, 0.15) is 0 Å². The number of aryl methyl sites for hydroxylation is 1. The van der Waals surface area contributed by atoms with Gasteiger partial charge in [-0.05, 0) is 37.5 Å². The van der Waals surface area contributed by atoms with Crippen molar-refractivity contribution >= 4 is 15.8 Å². The smallest absolute Gasteiger partial charge is 0.335 e. The molecule has 1 aromatic carbocycles. The van der Waals surface area contributed by atoms with E-state index in [1.54, 1.807) is 0 Å². The molecule has 1 rings (SSSR count). The van der Waals surface area contributed by atoms with Crippen LogP contribution in [0.15, 0.2) is 23.1 Å². The lowest BCUT2D eigenvalue weighted by atomic mass is 10.1. The molecule has 0 radical (unpaired) electrons. The van der Waals surface area contributed by atoms with Gasteiger partial charge in [0.25, 0.3) is 0 Å². The van der Waals surface area contributed by atoms with E-state index in [2.05, 4.69) is 0 Å². The molecule has 1 aromatic rings. The number of hydrogen-bond donors (Lipinski definition) is 2. The largest absolute Gasteiger partial charge is 0.478 e. The van der Waals surface area contributed by atoms with Crippen molar-refractivity contribution in [2.45, 2.75) is 37.7 Å². The summed E-state index contributed by atoms with van der Waals surface area (Å²) in [6.45, 7) is 3.33. The van der Waals surface area contributed by atoms with Crippen LogP contribution >= 0.6 is 0 Å². The van der Waals surface area contributed by atoms with Crippen molar-refractivity contribution in [2.75, 3.05) is 5.75 Å². The molecule has 0 amide bonds. The topological polar surface area (TPSA) is 91.7 Å². The van der Waals surface area contributed by atoms with Gasteiger partial charge in [-0.1, -0.05) is 13.0 Å². The maximum atomic E-state index is 12.2. The molecular formula is C13H18O5S. The van der Waals surface area contributed by atoms with E-state index in [0.717, 1.165) is 0 Å². The highest BCUT2D eigenvalue weighted by Gasteiger charge is 2.20. The monoisotopic (exact) mass is 286 g/mol. The molecule has 5 nitrogen and oxygen atoms in total. The Kier molecular flexibility index (Phi) is 5.08. The Morgan fingerprint density at radius 2 is 2.00 bits per heavy atom. The zero-order chi connectivity index (χ0) is 14.6. The molecule has 0 spiro atoms. The fourth-order valence-electron chi connectivity index (χ4n) is 1.70. The summed E-state index contributed by atoms with van der Waals surface area (Å²) in [5.41, 5.74) is 0.545. The van der Waals surface area contributed by atoms with Crippen molar-refractivity contribution in [3.63, 3.8) is 0 Å². The number of aliphatic hydroxyl groups excluding tert-OH is 1. The maximum absolute atomic E-state index is 12.2. The van der Waals surface area contributed by atoms with E-state index >= 15 is 0 Å². The molecule has 6 heteroatoms. The first kappa shape index (κ1) is 15.7. The molecule has 0 aliphatic carbocycles. The highest BCUT2D eigenvalue weighted by Crippen LogP contribution is 2.21. The Morgan fingerprint density at radius 1 is 1.37 bits per heavy atom. The average molecular weight is 286 g/mol. The summed E-state index contributed by atoms with van der Waals surface area (Å²) >= 11 is 0. The molecule has 1 atom stereocenters. The van der Waals surface area contributed by atoms with Crippen molar-refractivity contribution in [3.8, 4) is 0 Å². The van der Waals surface area contributed by atoms with Crippen molar-refractivity contribution in [3.05, 3.63) is 29.3 Å². The lowest BCUT2D eigenvalue weighted by molar-refractivity contribution is 0.0696. The van der Waals surface area contributed by atoms with Crippen LogP contribution in [-0.2, 0) is 16.3 Å². The molecule has 106 valence electrons. The standard InChI is InChI=1S/C13H18O5S/c1-3-10-4-5-11(13(15)16)8-12(10)19(17,18)7-6-9(2)14/h4-5,8-9,14H,3,6-7H2,1-2H3,(H,15,16). The average Bonchev–Trinajstić information content (AvgIpc) is 2.35. The molecule has 1 unspecified atom stereocenters. The third-order valence-corrected chi connectivity index (χ3v) is 4.66. The van der Waals surface area contributed by atoms with Gasteiger partial charge in [-0.15, -0.1) is 0 Å². The van der Waals surface area contributed by atoms with Gasteiger partial charge in [-0.25, -0.2) is 13.2 Å². The Balaban J connectivity index is 3.22. The summed E-state index contributed by atoms with van der Waals surface area (Å²) in [4.78, 5) is 11.0. The maximum Gasteiger partial charge on any atom is 0.335 e. The zero-order valence-electron chi connectivity index (χ0n) is 11.0. The predicted molar refractivity (Wildman–Crippen MR) is 71.1 cm³/mol. The Bertz CT molecular complexity index is 560. The molecule has 2 N–H and O–H groups in total. The molecule has 0 heterocycles. The van der Waals surface area contributed by atoms with Crippen LogP contribution in [0.2, 0.25) is 0 Å². The molecule has 0 aromatic heterocycles. The van der Waals surface area contributed by atoms with E-state index in [4.69, 9.17) is 5.11 Å². The SMILES string of the molecule is CCc1ccc(C(=O)O)cc1S(=O)(=O)CCC(C)O. The number of carboxylic acid groups (broad SMARTS) is 1. The molecule has 19 heavy (non-hydrogen) atoms. The van der Waals surface area contributed by atoms with E-state index in [-0.39, 0.29) is 22.6 Å². The van der Waals surface area contributed by atoms with Crippen molar-refractivity contribution in [1.82, 2.24) is 0 Å². The van der Waals surface area contributed by atoms with Crippen molar-refractivity contribution < 1.29 is 23.4 Å². The number of rotatable bonds is 6. The summed E-state index contributed by atoms with van der Waals surface area (Å²) in [6.07, 6.45) is -0.0751. The Hall–Kier alpha value is -1.40. The van der Waals surface area contributed by atoms with Gasteiger partial charge in [-0.2, -0.15) is 0 Å². The first-order valence-corrected chi connectivity index (χ1v) is 7.70. The zero-order valence-corrected chi connectivity index (χ0v) is 11.8. The number of carboxylic acids is 1. The summed E-state index contributed by atoms with van der Waals surface area (Å²) in [7, 11) is -3.58. The minimum absolute atomic E-state index is 0.0483. The Morgan fingerprint density at radius 3 is 2.47 bits per heavy atom. The highest BCUT2D eigenvalue weighted by molar-refractivity contribution is 7.91. The minimum Gasteiger partial charge on any atom is -0.478 e. The van der Waals surface area contributed by atoms with Crippen LogP contribution in [0, 0.1) is 0 Å². The number of carbonyl (C=O) groups is 1. The number of hydrogen-bond acceptors (Lipinski definition) is 4.